The van der Waals surface area contributed by atoms with E-state index in [1.165, 1.54) is 0 Å². The molecule has 248 valence electrons. The van der Waals surface area contributed by atoms with Gasteiger partial charge in [0.15, 0.2) is 0 Å². The van der Waals surface area contributed by atoms with E-state index in [0.29, 0.717) is 37.1 Å². The third-order valence-corrected chi connectivity index (χ3v) is 10.1. The second kappa shape index (κ2) is 13.6. The Balaban J connectivity index is 0.957. The molecule has 3 aliphatic heterocycles. The van der Waals surface area contributed by atoms with Crippen LogP contribution in [-0.2, 0) is 27.3 Å². The number of nitrogens with zero attached hydrogens (tertiary/aromatic N) is 2. The van der Waals surface area contributed by atoms with Gasteiger partial charge in [-0.15, -0.1) is 0 Å². The van der Waals surface area contributed by atoms with Crippen molar-refractivity contribution in [3.8, 4) is 0 Å². The van der Waals surface area contributed by atoms with Gasteiger partial charge in [-0.05, 0) is 87.3 Å². The molecule has 2 atom stereocenters. The number of carbonyl (C=O) groups is 5. The van der Waals surface area contributed by atoms with E-state index in [-0.39, 0.29) is 30.2 Å². The fourth-order valence-electron chi connectivity index (χ4n) is 7.49. The molecule has 0 saturated carbocycles. The number of piperidine rings is 2. The molecule has 0 radical (unpaired) electrons. The molecule has 6 rings (SSSR count). The maximum absolute atomic E-state index is 13.1. The second-order valence-electron chi connectivity index (χ2n) is 13.2. The maximum atomic E-state index is 13.1. The fourth-order valence-corrected chi connectivity index (χ4v) is 7.49. The van der Waals surface area contributed by atoms with Crippen molar-refractivity contribution in [1.82, 2.24) is 20.5 Å². The highest BCUT2D eigenvalue weighted by Crippen LogP contribution is 2.35. The number of imide groups is 1. The van der Waals surface area contributed by atoms with Crippen LogP contribution in [0.25, 0.3) is 10.9 Å². The third kappa shape index (κ3) is 6.61. The number of rotatable bonds is 11. The van der Waals surface area contributed by atoms with Gasteiger partial charge in [0.05, 0.1) is 11.1 Å². The van der Waals surface area contributed by atoms with Crippen molar-refractivity contribution >= 4 is 46.1 Å². The summed E-state index contributed by atoms with van der Waals surface area (Å²) in [7, 11) is 0. The molecule has 2 aromatic carbocycles. The number of hydrogen-bond acceptors (Lipinski definition) is 6. The summed E-state index contributed by atoms with van der Waals surface area (Å²) in [5, 5.41) is 6.63. The third-order valence-electron chi connectivity index (χ3n) is 10.1. The first-order valence-electron chi connectivity index (χ1n) is 16.8. The number of hydrogen-bond donors (Lipinski definition) is 4. The van der Waals surface area contributed by atoms with Gasteiger partial charge in [0.25, 0.3) is 11.8 Å². The lowest BCUT2D eigenvalue weighted by molar-refractivity contribution is -0.137. The zero-order chi connectivity index (χ0) is 33.2. The molecule has 3 aliphatic rings. The number of anilines is 1. The van der Waals surface area contributed by atoms with Gasteiger partial charge in [-0.3, -0.25) is 29.3 Å². The lowest BCUT2D eigenvalue weighted by atomic mass is 9.98. The molecular weight excluding hydrogens is 596 g/mol. The molecule has 2 fully saturated rings. The Labute approximate surface area is 274 Å². The van der Waals surface area contributed by atoms with Gasteiger partial charge in [0.1, 0.15) is 6.04 Å². The molecule has 1 unspecified atom stereocenters. The van der Waals surface area contributed by atoms with Crippen LogP contribution in [0.1, 0.15) is 101 Å². The molecule has 4 heterocycles. The van der Waals surface area contributed by atoms with E-state index in [1.807, 2.05) is 25.1 Å². The number of nitrogens with two attached hydrogens (primary N) is 1. The first kappa shape index (κ1) is 32.3. The predicted octanol–water partition coefficient (Wildman–Crippen LogP) is 3.92. The normalized spacial score (nSPS) is 19.7. The van der Waals surface area contributed by atoms with E-state index < -0.39 is 17.9 Å². The molecule has 0 aliphatic carbocycles. The van der Waals surface area contributed by atoms with Crippen molar-refractivity contribution in [2.45, 2.75) is 96.7 Å². The predicted molar refractivity (Wildman–Crippen MR) is 179 cm³/mol. The Bertz CT molecular complexity index is 1740. The van der Waals surface area contributed by atoms with Gasteiger partial charge >= 0.3 is 0 Å². The number of primary amides is 1. The van der Waals surface area contributed by atoms with E-state index in [4.69, 9.17) is 5.73 Å². The van der Waals surface area contributed by atoms with Gasteiger partial charge in [-0.25, -0.2) is 0 Å². The van der Waals surface area contributed by atoms with Crippen LogP contribution in [0.2, 0.25) is 0 Å². The van der Waals surface area contributed by atoms with E-state index in [2.05, 4.69) is 33.5 Å². The van der Waals surface area contributed by atoms with Gasteiger partial charge in [0, 0.05) is 60.8 Å². The summed E-state index contributed by atoms with van der Waals surface area (Å²) in [4.78, 5) is 69.2. The number of fused-ring (bicyclic) bond motifs is 2. The minimum absolute atomic E-state index is 0.0603. The Hall–Kier alpha value is -4.67. The van der Waals surface area contributed by atoms with Crippen LogP contribution in [0, 0.1) is 13.8 Å². The molecule has 0 spiro atoms. The quantitative estimate of drug-likeness (QED) is 0.184. The van der Waals surface area contributed by atoms with Crippen LogP contribution in [0.15, 0.2) is 30.3 Å². The van der Waals surface area contributed by atoms with Crippen LogP contribution in [-0.4, -0.2) is 64.6 Å². The molecule has 0 bridgehead atoms. The average molecular weight is 641 g/mol. The SMILES string of the molecule is Cc1[nH]c2c(C(N)=O)ccc(N3CCC[C@H](NC(=O)CCCCCCc4cccc5c4CN(C4CCC(=O)NC4=O)C5=O)C3)c2c1C. The lowest BCUT2D eigenvalue weighted by Gasteiger charge is -2.35. The minimum atomic E-state index is -0.610. The number of benzene rings is 2. The molecule has 2 saturated heterocycles. The molecule has 3 aromatic rings. The minimum Gasteiger partial charge on any atom is -0.369 e. The van der Waals surface area contributed by atoms with E-state index >= 15 is 0 Å². The molecule has 11 heteroatoms. The van der Waals surface area contributed by atoms with E-state index in [0.717, 1.165) is 90.5 Å². The zero-order valence-corrected chi connectivity index (χ0v) is 27.2. The number of aromatic nitrogens is 1. The molecular formula is C36H44N6O5. The molecule has 11 nitrogen and oxygen atoms in total. The monoisotopic (exact) mass is 640 g/mol. The second-order valence-corrected chi connectivity index (χ2v) is 13.2. The molecule has 47 heavy (non-hydrogen) atoms. The largest absolute Gasteiger partial charge is 0.369 e. The van der Waals surface area contributed by atoms with Gasteiger partial charge in [-0.2, -0.15) is 0 Å². The summed E-state index contributed by atoms with van der Waals surface area (Å²) >= 11 is 0. The van der Waals surface area contributed by atoms with Crippen LogP contribution < -0.4 is 21.3 Å². The fraction of sp³-hybridized carbons (Fsp3) is 0.472. The standard InChI is InChI=1S/C36H44N6O5/c1-21-22(2)38-33-26(34(37)45)14-15-28(32(21)33)41-18-8-11-24(19-41)39-30(43)13-6-4-3-5-9-23-10-7-12-25-27(23)20-42(36(25)47)29-16-17-31(44)40-35(29)46/h7,10,12,14-15,24,29,38H,3-6,8-9,11,13,16-20H2,1-2H3,(H2,37,45)(H,39,43)(H,40,44,46)/t24-,29?/m0/s1. The van der Waals surface area contributed by atoms with Gasteiger partial charge in [0.2, 0.25) is 17.7 Å². The van der Waals surface area contributed by atoms with Gasteiger partial charge < -0.3 is 25.8 Å². The number of carbonyl (C=O) groups excluding carboxylic acids is 5. The summed E-state index contributed by atoms with van der Waals surface area (Å²) in [6, 6.07) is 8.99. The average Bonchev–Trinajstić information content (AvgIpc) is 3.54. The van der Waals surface area contributed by atoms with Crippen molar-refractivity contribution in [2.75, 3.05) is 18.0 Å². The molecule has 5 N–H and O–H groups in total. The van der Waals surface area contributed by atoms with Crippen molar-refractivity contribution in [1.29, 1.82) is 0 Å². The number of aryl methyl sites for hydroxylation is 3. The summed E-state index contributed by atoms with van der Waals surface area (Å²) in [5.74, 6) is -1.21. The summed E-state index contributed by atoms with van der Waals surface area (Å²) in [5.41, 5.74) is 12.8. The maximum Gasteiger partial charge on any atom is 0.255 e. The lowest BCUT2D eigenvalue weighted by Crippen LogP contribution is -2.52. The number of unbranched alkanes of at least 4 members (excludes halogenated alkanes) is 3. The smallest absolute Gasteiger partial charge is 0.255 e. The number of H-pyrrole nitrogens is 1. The first-order chi connectivity index (χ1) is 22.6. The van der Waals surface area contributed by atoms with E-state index in [1.54, 1.807) is 11.0 Å². The zero-order valence-electron chi connectivity index (χ0n) is 27.2. The summed E-state index contributed by atoms with van der Waals surface area (Å²) in [6.07, 6.45) is 7.49. The molecule has 1 aromatic heterocycles. The number of amides is 5. The van der Waals surface area contributed by atoms with Gasteiger partial charge in [-0.1, -0.05) is 25.0 Å². The molecule has 5 amide bonds. The topological polar surface area (TPSA) is 158 Å². The van der Waals surface area contributed by atoms with Crippen LogP contribution >= 0.6 is 0 Å². The first-order valence-corrected chi connectivity index (χ1v) is 16.8. The van der Waals surface area contributed by atoms with E-state index in [9.17, 15) is 24.0 Å². The van der Waals surface area contributed by atoms with Crippen molar-refractivity contribution in [2.24, 2.45) is 5.73 Å². The Morgan fingerprint density at radius 3 is 2.62 bits per heavy atom. The Morgan fingerprint density at radius 1 is 1.02 bits per heavy atom. The van der Waals surface area contributed by atoms with Crippen molar-refractivity contribution in [3.05, 3.63) is 63.8 Å². The van der Waals surface area contributed by atoms with Crippen molar-refractivity contribution in [3.63, 3.8) is 0 Å². The van der Waals surface area contributed by atoms with Crippen LogP contribution in [0.3, 0.4) is 0 Å². The summed E-state index contributed by atoms with van der Waals surface area (Å²) in [6.45, 7) is 6.04. The number of aromatic amines is 1. The van der Waals surface area contributed by atoms with Crippen LogP contribution in [0.4, 0.5) is 5.69 Å². The highest BCUT2D eigenvalue weighted by atomic mass is 16.2. The van der Waals surface area contributed by atoms with Crippen molar-refractivity contribution < 1.29 is 24.0 Å². The highest BCUT2D eigenvalue weighted by molar-refractivity contribution is 6.10. The summed E-state index contributed by atoms with van der Waals surface area (Å²) < 4.78 is 0. The number of nitrogens with one attached hydrogen (secondary N) is 3. The van der Waals surface area contributed by atoms with Crippen LogP contribution in [0.5, 0.6) is 0 Å². The Morgan fingerprint density at radius 2 is 1.83 bits per heavy atom. The highest BCUT2D eigenvalue weighted by Gasteiger charge is 2.39. The Kier molecular flexibility index (Phi) is 9.33.